The van der Waals surface area contributed by atoms with Crippen molar-refractivity contribution >= 4 is 37.6 Å². The van der Waals surface area contributed by atoms with Crippen LogP contribution in [0.5, 0.6) is 0 Å². The number of carbonyl (C=O) groups is 1. The molecule has 0 aromatic carbocycles. The highest BCUT2D eigenvalue weighted by Crippen LogP contribution is 2.65. The molecule has 0 aromatic heterocycles. The molecule has 2 aliphatic rings. The molecule has 13 heavy (non-hydrogen) atoms. The summed E-state index contributed by atoms with van der Waals surface area (Å²) in [7, 11) is 0. The van der Waals surface area contributed by atoms with Gasteiger partial charge in [-0.2, -0.15) is 0 Å². The SMILES string of the molecule is C[C@]12CC[C@@H]([C@@H](Br)C1=O)[C@]2(C)CBr. The maximum Gasteiger partial charge on any atom is 0.153 e. The van der Waals surface area contributed by atoms with Gasteiger partial charge in [-0.15, -0.1) is 0 Å². The zero-order chi connectivity index (χ0) is 9.85. The Morgan fingerprint density at radius 3 is 2.46 bits per heavy atom. The van der Waals surface area contributed by atoms with E-state index < -0.39 is 0 Å². The van der Waals surface area contributed by atoms with Crippen LogP contribution in [0.1, 0.15) is 26.7 Å². The van der Waals surface area contributed by atoms with Gasteiger partial charge >= 0.3 is 0 Å². The number of hydrogen-bond acceptors (Lipinski definition) is 1. The van der Waals surface area contributed by atoms with E-state index in [4.69, 9.17) is 0 Å². The summed E-state index contributed by atoms with van der Waals surface area (Å²) in [5, 5.41) is 0.939. The van der Waals surface area contributed by atoms with Crippen molar-refractivity contribution in [1.29, 1.82) is 0 Å². The first kappa shape index (κ1) is 10.2. The highest BCUT2D eigenvalue weighted by molar-refractivity contribution is 9.10. The first-order chi connectivity index (χ1) is 5.97. The molecule has 4 atom stereocenters. The smallest absolute Gasteiger partial charge is 0.153 e. The predicted octanol–water partition coefficient (Wildman–Crippen LogP) is 3.15. The van der Waals surface area contributed by atoms with E-state index >= 15 is 0 Å². The first-order valence-corrected chi connectivity index (χ1v) is 6.75. The Labute approximate surface area is 95.9 Å². The third kappa shape index (κ3) is 0.956. The van der Waals surface area contributed by atoms with Gasteiger partial charge in [-0.3, -0.25) is 4.79 Å². The lowest BCUT2D eigenvalue weighted by Crippen LogP contribution is -2.36. The van der Waals surface area contributed by atoms with Crippen LogP contribution < -0.4 is 0 Å². The van der Waals surface area contributed by atoms with E-state index in [0.717, 1.165) is 11.8 Å². The van der Waals surface area contributed by atoms with Crippen molar-refractivity contribution < 1.29 is 4.79 Å². The Hall–Kier alpha value is 0.630. The molecule has 0 spiro atoms. The standard InChI is InChI=1S/C10H14Br2O/c1-9-4-3-6(7(12)8(9)13)10(9,2)5-11/h6-7H,3-5H2,1-2H3/t6-,7+,9-,10-/m0/s1. The van der Waals surface area contributed by atoms with Crippen LogP contribution in [-0.4, -0.2) is 15.9 Å². The van der Waals surface area contributed by atoms with Crippen LogP contribution in [0.15, 0.2) is 0 Å². The lowest BCUT2D eigenvalue weighted by molar-refractivity contribution is -0.127. The molecule has 2 bridgehead atoms. The fourth-order valence-corrected chi connectivity index (χ4v) is 5.45. The number of rotatable bonds is 1. The molecule has 0 amide bonds. The van der Waals surface area contributed by atoms with Gasteiger partial charge in [0.05, 0.1) is 4.83 Å². The zero-order valence-corrected chi connectivity index (χ0v) is 11.1. The topological polar surface area (TPSA) is 17.1 Å². The molecule has 0 aromatic rings. The predicted molar refractivity (Wildman–Crippen MR) is 60.5 cm³/mol. The highest BCUT2D eigenvalue weighted by Gasteiger charge is 2.67. The molecule has 74 valence electrons. The van der Waals surface area contributed by atoms with Crippen molar-refractivity contribution in [3.8, 4) is 0 Å². The molecule has 2 fully saturated rings. The van der Waals surface area contributed by atoms with Crippen molar-refractivity contribution in [3.63, 3.8) is 0 Å². The van der Waals surface area contributed by atoms with Crippen molar-refractivity contribution in [3.05, 3.63) is 0 Å². The van der Waals surface area contributed by atoms with Crippen LogP contribution in [0.25, 0.3) is 0 Å². The van der Waals surface area contributed by atoms with E-state index in [1.165, 1.54) is 6.42 Å². The summed E-state index contributed by atoms with van der Waals surface area (Å²) in [6.07, 6.45) is 2.26. The quantitative estimate of drug-likeness (QED) is 0.680. The lowest BCUT2D eigenvalue weighted by atomic mass is 9.70. The summed E-state index contributed by atoms with van der Waals surface area (Å²) >= 11 is 7.11. The van der Waals surface area contributed by atoms with E-state index in [0.29, 0.717) is 11.7 Å². The second kappa shape index (κ2) is 2.82. The van der Waals surface area contributed by atoms with Crippen molar-refractivity contribution in [2.75, 3.05) is 5.33 Å². The van der Waals surface area contributed by atoms with E-state index in [1.807, 2.05) is 0 Å². The first-order valence-electron chi connectivity index (χ1n) is 4.72. The molecular formula is C10H14Br2O. The normalized spacial score (nSPS) is 54.6. The van der Waals surface area contributed by atoms with Crippen LogP contribution in [0, 0.1) is 16.7 Å². The fourth-order valence-electron chi connectivity index (χ4n) is 3.07. The van der Waals surface area contributed by atoms with E-state index in [1.54, 1.807) is 0 Å². The summed E-state index contributed by atoms with van der Waals surface area (Å²) in [4.78, 5) is 12.1. The molecule has 0 aliphatic heterocycles. The summed E-state index contributed by atoms with van der Waals surface area (Å²) < 4.78 is 0. The van der Waals surface area contributed by atoms with Gasteiger partial charge in [-0.05, 0) is 24.2 Å². The largest absolute Gasteiger partial charge is 0.298 e. The number of halogens is 2. The Bertz CT molecular complexity index is 266. The van der Waals surface area contributed by atoms with Crippen molar-refractivity contribution in [2.24, 2.45) is 16.7 Å². The Balaban J connectivity index is 2.49. The maximum absolute atomic E-state index is 12.0. The Morgan fingerprint density at radius 1 is 1.54 bits per heavy atom. The van der Waals surface area contributed by atoms with Gasteiger partial charge in [0.25, 0.3) is 0 Å². The second-order valence-corrected chi connectivity index (χ2v) is 6.34. The summed E-state index contributed by atoms with van der Waals surface area (Å²) in [6, 6.07) is 0. The molecule has 0 radical (unpaired) electrons. The molecule has 0 N–H and O–H groups in total. The van der Waals surface area contributed by atoms with Crippen LogP contribution in [0.3, 0.4) is 0 Å². The second-order valence-electron chi connectivity index (χ2n) is 4.79. The van der Waals surface area contributed by atoms with Crippen LogP contribution >= 0.6 is 31.9 Å². The highest BCUT2D eigenvalue weighted by atomic mass is 79.9. The third-order valence-corrected chi connectivity index (χ3v) is 6.68. The third-order valence-electron chi connectivity index (χ3n) is 4.46. The van der Waals surface area contributed by atoms with Gasteiger partial charge in [0.15, 0.2) is 5.78 Å². The summed E-state index contributed by atoms with van der Waals surface area (Å²) in [5.74, 6) is 0.954. The van der Waals surface area contributed by atoms with Gasteiger partial charge in [0, 0.05) is 10.7 Å². The van der Waals surface area contributed by atoms with Crippen LogP contribution in [0.4, 0.5) is 0 Å². The number of carbonyl (C=O) groups excluding carboxylic acids is 1. The minimum absolute atomic E-state index is 0.0880. The molecule has 2 saturated carbocycles. The van der Waals surface area contributed by atoms with Gasteiger partial charge in [0.2, 0.25) is 0 Å². The minimum Gasteiger partial charge on any atom is -0.298 e. The van der Waals surface area contributed by atoms with Gasteiger partial charge in [0.1, 0.15) is 0 Å². The average molecular weight is 310 g/mol. The van der Waals surface area contributed by atoms with Crippen LogP contribution in [-0.2, 0) is 4.79 Å². The Morgan fingerprint density at radius 2 is 2.15 bits per heavy atom. The molecule has 1 nitrogen and oxygen atoms in total. The fraction of sp³-hybridized carbons (Fsp3) is 0.900. The number of Topliss-reactive ketones (excluding diaryl/α,β-unsaturated/α-hetero) is 1. The lowest BCUT2D eigenvalue weighted by Gasteiger charge is -2.34. The molecule has 2 rings (SSSR count). The molecule has 2 aliphatic carbocycles. The monoisotopic (exact) mass is 308 g/mol. The van der Waals surface area contributed by atoms with Gasteiger partial charge in [-0.1, -0.05) is 45.7 Å². The number of hydrogen-bond donors (Lipinski definition) is 0. The molecule has 0 unspecified atom stereocenters. The summed E-state index contributed by atoms with van der Waals surface area (Å²) in [5.41, 5.74) is 0.0770. The maximum atomic E-state index is 12.0. The minimum atomic E-state index is -0.0880. The zero-order valence-electron chi connectivity index (χ0n) is 7.94. The van der Waals surface area contributed by atoms with Crippen molar-refractivity contribution in [2.45, 2.75) is 31.5 Å². The molecule has 0 heterocycles. The average Bonchev–Trinajstić information content (AvgIpc) is 2.44. The van der Waals surface area contributed by atoms with Crippen molar-refractivity contribution in [1.82, 2.24) is 0 Å². The molecule has 0 saturated heterocycles. The Kier molecular flexibility index (Phi) is 2.20. The van der Waals surface area contributed by atoms with E-state index in [9.17, 15) is 4.79 Å². The molecule has 3 heteroatoms. The van der Waals surface area contributed by atoms with E-state index in [2.05, 4.69) is 45.7 Å². The molecular weight excluding hydrogens is 296 g/mol. The number of ketones is 1. The van der Waals surface area contributed by atoms with Gasteiger partial charge < -0.3 is 0 Å². The number of alkyl halides is 2. The van der Waals surface area contributed by atoms with Gasteiger partial charge in [-0.25, -0.2) is 0 Å². The summed E-state index contributed by atoms with van der Waals surface area (Å²) in [6.45, 7) is 4.39. The van der Waals surface area contributed by atoms with Crippen LogP contribution in [0.2, 0.25) is 0 Å². The van der Waals surface area contributed by atoms with E-state index in [-0.39, 0.29) is 15.7 Å². The number of fused-ring (bicyclic) bond motifs is 2.